The lowest BCUT2D eigenvalue weighted by Gasteiger charge is -2.32. The van der Waals surface area contributed by atoms with E-state index in [0.717, 1.165) is 38.3 Å². The van der Waals surface area contributed by atoms with Crippen LogP contribution in [-0.2, 0) is 17.8 Å². The molecule has 0 bridgehead atoms. The molecule has 1 aromatic carbocycles. The van der Waals surface area contributed by atoms with Crippen molar-refractivity contribution in [1.29, 1.82) is 0 Å². The summed E-state index contributed by atoms with van der Waals surface area (Å²) in [6.07, 6.45) is 3.45. The molecule has 0 aliphatic carbocycles. The van der Waals surface area contributed by atoms with Gasteiger partial charge in [-0.05, 0) is 12.1 Å². The first-order chi connectivity index (χ1) is 10.9. The summed E-state index contributed by atoms with van der Waals surface area (Å²) in [7, 11) is 0. The second-order valence-corrected chi connectivity index (χ2v) is 6.54. The molecule has 3 heterocycles. The highest BCUT2D eigenvalue weighted by atomic mass is 32.1. The first-order valence-electron chi connectivity index (χ1n) is 7.37. The predicted octanol–water partition coefficient (Wildman–Crippen LogP) is 1.79. The highest BCUT2D eigenvalue weighted by Crippen LogP contribution is 2.23. The van der Waals surface area contributed by atoms with Gasteiger partial charge >= 0.3 is 0 Å². The van der Waals surface area contributed by atoms with Gasteiger partial charge in [0.2, 0.25) is 0 Å². The molecule has 1 saturated heterocycles. The summed E-state index contributed by atoms with van der Waals surface area (Å²) in [6, 6.07) is 8.30. The number of hydrogen-bond donors (Lipinski definition) is 0. The molecule has 22 heavy (non-hydrogen) atoms. The molecular formula is C15H17N5OS. The SMILES string of the molecule is c1ccc2sc(CN3CCO[C@@H](Cn4cncn4)C3)nc2c1. The molecule has 3 aromatic rings. The zero-order chi connectivity index (χ0) is 14.8. The molecule has 4 rings (SSSR count). The molecule has 0 amide bonds. The molecule has 0 unspecified atom stereocenters. The first kappa shape index (κ1) is 13.8. The lowest BCUT2D eigenvalue weighted by molar-refractivity contribution is -0.0402. The van der Waals surface area contributed by atoms with Gasteiger partial charge in [-0.3, -0.25) is 9.58 Å². The van der Waals surface area contributed by atoms with Crippen LogP contribution in [0.15, 0.2) is 36.9 Å². The molecule has 0 radical (unpaired) electrons. The molecule has 0 spiro atoms. The Kier molecular flexibility index (Phi) is 3.84. The minimum atomic E-state index is 0.157. The largest absolute Gasteiger partial charge is 0.374 e. The van der Waals surface area contributed by atoms with E-state index in [1.807, 2.05) is 10.7 Å². The average Bonchev–Trinajstić information content (AvgIpc) is 3.16. The lowest BCUT2D eigenvalue weighted by Crippen LogP contribution is -2.43. The topological polar surface area (TPSA) is 56.1 Å². The Bertz CT molecular complexity index is 708. The van der Waals surface area contributed by atoms with E-state index in [4.69, 9.17) is 9.72 Å². The van der Waals surface area contributed by atoms with Crippen molar-refractivity contribution in [3.8, 4) is 0 Å². The van der Waals surface area contributed by atoms with E-state index < -0.39 is 0 Å². The summed E-state index contributed by atoms with van der Waals surface area (Å²) < 4.78 is 8.91. The highest BCUT2D eigenvalue weighted by Gasteiger charge is 2.22. The van der Waals surface area contributed by atoms with E-state index in [9.17, 15) is 0 Å². The van der Waals surface area contributed by atoms with Crippen molar-refractivity contribution in [3.05, 3.63) is 41.9 Å². The van der Waals surface area contributed by atoms with E-state index >= 15 is 0 Å². The van der Waals surface area contributed by atoms with Gasteiger partial charge in [0.1, 0.15) is 17.7 Å². The molecule has 1 aliphatic rings. The monoisotopic (exact) mass is 315 g/mol. The number of ether oxygens (including phenoxy) is 1. The van der Waals surface area contributed by atoms with Gasteiger partial charge in [-0.25, -0.2) is 9.97 Å². The number of fused-ring (bicyclic) bond motifs is 1. The van der Waals surface area contributed by atoms with E-state index in [2.05, 4.69) is 33.2 Å². The van der Waals surface area contributed by atoms with Crippen LogP contribution in [0.2, 0.25) is 0 Å². The zero-order valence-electron chi connectivity index (χ0n) is 12.1. The van der Waals surface area contributed by atoms with Crippen LogP contribution in [0.4, 0.5) is 0 Å². The summed E-state index contributed by atoms with van der Waals surface area (Å²) in [6.45, 7) is 4.23. The van der Waals surface area contributed by atoms with Crippen LogP contribution in [0, 0.1) is 0 Å². The number of para-hydroxylation sites is 1. The zero-order valence-corrected chi connectivity index (χ0v) is 12.9. The number of aromatic nitrogens is 4. The van der Waals surface area contributed by atoms with Gasteiger partial charge < -0.3 is 4.74 Å². The fourth-order valence-electron chi connectivity index (χ4n) is 2.75. The minimum Gasteiger partial charge on any atom is -0.374 e. The molecule has 1 atom stereocenters. The van der Waals surface area contributed by atoms with E-state index in [1.165, 1.54) is 9.71 Å². The fourth-order valence-corrected chi connectivity index (χ4v) is 3.76. The van der Waals surface area contributed by atoms with Crippen LogP contribution in [0.1, 0.15) is 5.01 Å². The lowest BCUT2D eigenvalue weighted by atomic mass is 10.2. The van der Waals surface area contributed by atoms with Gasteiger partial charge in [0.25, 0.3) is 0 Å². The van der Waals surface area contributed by atoms with Crippen molar-refractivity contribution in [3.63, 3.8) is 0 Å². The second-order valence-electron chi connectivity index (χ2n) is 5.42. The smallest absolute Gasteiger partial charge is 0.137 e. The van der Waals surface area contributed by atoms with Crippen molar-refractivity contribution in [1.82, 2.24) is 24.6 Å². The summed E-state index contributed by atoms with van der Waals surface area (Å²) in [4.78, 5) is 11.1. The summed E-state index contributed by atoms with van der Waals surface area (Å²) in [5, 5.41) is 5.31. The summed E-state index contributed by atoms with van der Waals surface area (Å²) in [5.74, 6) is 0. The minimum absolute atomic E-state index is 0.157. The second kappa shape index (κ2) is 6.12. The average molecular weight is 315 g/mol. The predicted molar refractivity (Wildman–Crippen MR) is 84.7 cm³/mol. The summed E-state index contributed by atoms with van der Waals surface area (Å²) >= 11 is 1.78. The molecule has 1 aliphatic heterocycles. The van der Waals surface area contributed by atoms with Crippen LogP contribution in [-0.4, -0.2) is 50.4 Å². The van der Waals surface area contributed by atoms with Crippen molar-refractivity contribution in [2.45, 2.75) is 19.2 Å². The Hall–Kier alpha value is -1.83. The van der Waals surface area contributed by atoms with Crippen LogP contribution < -0.4 is 0 Å². The van der Waals surface area contributed by atoms with Crippen LogP contribution in [0.5, 0.6) is 0 Å². The van der Waals surface area contributed by atoms with Gasteiger partial charge in [0.05, 0.1) is 36.0 Å². The molecule has 6 nitrogen and oxygen atoms in total. The van der Waals surface area contributed by atoms with Gasteiger partial charge in [-0.2, -0.15) is 5.10 Å². The Morgan fingerprint density at radius 1 is 1.32 bits per heavy atom. The van der Waals surface area contributed by atoms with Gasteiger partial charge in [-0.1, -0.05) is 12.1 Å². The fraction of sp³-hybridized carbons (Fsp3) is 0.400. The number of nitrogens with zero attached hydrogens (tertiary/aromatic N) is 5. The standard InChI is InChI=1S/C15H17N5OS/c1-2-4-14-13(3-1)18-15(22-14)9-19-5-6-21-12(7-19)8-20-11-16-10-17-20/h1-4,10-12H,5-9H2/t12-/m1/s1. The number of thiazole rings is 1. The van der Waals surface area contributed by atoms with Crippen LogP contribution >= 0.6 is 11.3 Å². The Morgan fingerprint density at radius 2 is 2.27 bits per heavy atom. The Morgan fingerprint density at radius 3 is 3.14 bits per heavy atom. The third kappa shape index (κ3) is 3.01. The molecule has 114 valence electrons. The van der Waals surface area contributed by atoms with Crippen LogP contribution in [0.3, 0.4) is 0 Å². The number of hydrogen-bond acceptors (Lipinski definition) is 6. The van der Waals surface area contributed by atoms with Crippen LogP contribution in [0.25, 0.3) is 10.2 Å². The molecule has 1 fully saturated rings. The quantitative estimate of drug-likeness (QED) is 0.735. The molecular weight excluding hydrogens is 298 g/mol. The van der Waals surface area contributed by atoms with E-state index in [1.54, 1.807) is 24.0 Å². The number of rotatable bonds is 4. The Balaban J connectivity index is 1.41. The third-order valence-electron chi connectivity index (χ3n) is 3.78. The number of morpholine rings is 1. The summed E-state index contributed by atoms with van der Waals surface area (Å²) in [5.41, 5.74) is 1.09. The van der Waals surface area contributed by atoms with E-state index in [-0.39, 0.29) is 6.10 Å². The maximum absolute atomic E-state index is 5.83. The van der Waals surface area contributed by atoms with Gasteiger partial charge in [0, 0.05) is 13.1 Å². The normalized spacial score (nSPS) is 19.7. The molecule has 0 N–H and O–H groups in total. The Labute approximate surface area is 132 Å². The van der Waals surface area contributed by atoms with Crippen molar-refractivity contribution >= 4 is 21.6 Å². The van der Waals surface area contributed by atoms with Gasteiger partial charge in [0.15, 0.2) is 0 Å². The van der Waals surface area contributed by atoms with Crippen molar-refractivity contribution in [2.24, 2.45) is 0 Å². The number of benzene rings is 1. The van der Waals surface area contributed by atoms with E-state index in [0.29, 0.717) is 0 Å². The van der Waals surface area contributed by atoms with Crippen molar-refractivity contribution < 1.29 is 4.74 Å². The third-order valence-corrected chi connectivity index (χ3v) is 4.80. The molecule has 2 aromatic heterocycles. The maximum atomic E-state index is 5.83. The van der Waals surface area contributed by atoms with Gasteiger partial charge in [-0.15, -0.1) is 11.3 Å². The highest BCUT2D eigenvalue weighted by molar-refractivity contribution is 7.18. The molecule has 7 heteroatoms. The molecule has 0 saturated carbocycles. The first-order valence-corrected chi connectivity index (χ1v) is 8.19. The maximum Gasteiger partial charge on any atom is 0.137 e. The van der Waals surface area contributed by atoms with Crippen molar-refractivity contribution in [2.75, 3.05) is 19.7 Å².